The van der Waals surface area contributed by atoms with Gasteiger partial charge in [-0.1, -0.05) is 52.3 Å². The number of ether oxygens (including phenoxy) is 1. The summed E-state index contributed by atoms with van der Waals surface area (Å²) in [5.41, 5.74) is 5.15. The molecule has 126 valence electrons. The van der Waals surface area contributed by atoms with Crippen LogP contribution in [-0.2, 0) is 6.61 Å². The fourth-order valence-electron chi connectivity index (χ4n) is 2.21. The Balaban J connectivity index is 1.73. The van der Waals surface area contributed by atoms with E-state index in [9.17, 15) is 4.39 Å². The summed E-state index contributed by atoms with van der Waals surface area (Å²) in [6.07, 6.45) is 1.68. The van der Waals surface area contributed by atoms with E-state index in [-0.39, 0.29) is 12.4 Å². The maximum Gasteiger partial charge on any atom is 0.129 e. The number of hydrazone groups is 1. The van der Waals surface area contributed by atoms with Crippen LogP contribution in [0, 0.1) is 5.82 Å². The molecule has 3 aromatic rings. The third-order valence-electron chi connectivity index (χ3n) is 3.48. The van der Waals surface area contributed by atoms with Crippen LogP contribution in [0.25, 0.3) is 0 Å². The molecule has 0 amide bonds. The minimum absolute atomic E-state index is 0.154. The van der Waals surface area contributed by atoms with Crippen LogP contribution >= 0.6 is 15.9 Å². The van der Waals surface area contributed by atoms with Crippen LogP contribution < -0.4 is 10.2 Å². The molecule has 0 heterocycles. The van der Waals surface area contributed by atoms with Gasteiger partial charge in [-0.25, -0.2) is 4.39 Å². The summed E-state index contributed by atoms with van der Waals surface area (Å²) in [6.45, 7) is 0.154. The topological polar surface area (TPSA) is 33.6 Å². The van der Waals surface area contributed by atoms with Gasteiger partial charge in [0.1, 0.15) is 18.2 Å². The number of benzene rings is 3. The van der Waals surface area contributed by atoms with Gasteiger partial charge in [0.15, 0.2) is 0 Å². The highest BCUT2D eigenvalue weighted by Gasteiger charge is 2.06. The van der Waals surface area contributed by atoms with Gasteiger partial charge in [-0.05, 0) is 36.4 Å². The highest BCUT2D eigenvalue weighted by atomic mass is 79.9. The molecular formula is C20H16BrFN2O. The third kappa shape index (κ3) is 4.90. The largest absolute Gasteiger partial charge is 0.488 e. The summed E-state index contributed by atoms with van der Waals surface area (Å²) in [4.78, 5) is 0. The Kier molecular flexibility index (Phi) is 5.80. The number of para-hydroxylation sites is 1. The second-order valence-electron chi connectivity index (χ2n) is 5.30. The van der Waals surface area contributed by atoms with E-state index >= 15 is 0 Å². The zero-order valence-electron chi connectivity index (χ0n) is 13.3. The Hall–Kier alpha value is -2.66. The Morgan fingerprint density at radius 2 is 1.76 bits per heavy atom. The number of rotatable bonds is 6. The number of nitrogens with one attached hydrogen (secondary N) is 1. The third-order valence-corrected chi connectivity index (χ3v) is 3.98. The molecule has 0 saturated heterocycles. The maximum absolute atomic E-state index is 13.7. The van der Waals surface area contributed by atoms with Crippen LogP contribution in [0.2, 0.25) is 0 Å². The standard InChI is InChI=1S/C20H16BrFN2O/c21-17-10-11-20(25-14-15-6-4-5-9-19(15)22)16(12-17)13-23-24-18-7-2-1-3-8-18/h1-13,24H,14H2. The van der Waals surface area contributed by atoms with Gasteiger partial charge < -0.3 is 4.74 Å². The Morgan fingerprint density at radius 3 is 2.56 bits per heavy atom. The van der Waals surface area contributed by atoms with Crippen molar-refractivity contribution in [3.05, 3.63) is 94.2 Å². The SMILES string of the molecule is Fc1ccccc1COc1ccc(Br)cc1C=NNc1ccccc1. The zero-order chi connectivity index (χ0) is 17.5. The van der Waals surface area contributed by atoms with Crippen LogP contribution in [0.5, 0.6) is 5.75 Å². The molecule has 0 radical (unpaired) electrons. The molecule has 0 aromatic heterocycles. The van der Waals surface area contributed by atoms with Crippen LogP contribution in [-0.4, -0.2) is 6.21 Å². The van der Waals surface area contributed by atoms with Gasteiger partial charge in [0, 0.05) is 15.6 Å². The van der Waals surface area contributed by atoms with Crippen LogP contribution in [0.4, 0.5) is 10.1 Å². The maximum atomic E-state index is 13.7. The monoisotopic (exact) mass is 398 g/mol. The van der Waals surface area contributed by atoms with Crippen molar-refractivity contribution in [2.24, 2.45) is 5.10 Å². The van der Waals surface area contributed by atoms with Gasteiger partial charge in [-0.15, -0.1) is 0 Å². The predicted octanol–water partition coefficient (Wildman–Crippen LogP) is 5.61. The van der Waals surface area contributed by atoms with E-state index < -0.39 is 0 Å². The summed E-state index contributed by atoms with van der Waals surface area (Å²) in [5.74, 6) is 0.352. The first-order valence-electron chi connectivity index (χ1n) is 7.72. The molecule has 0 unspecified atom stereocenters. The first-order chi connectivity index (χ1) is 12.2. The Morgan fingerprint density at radius 1 is 1.00 bits per heavy atom. The molecule has 3 aromatic carbocycles. The molecule has 25 heavy (non-hydrogen) atoms. The molecule has 0 fully saturated rings. The lowest BCUT2D eigenvalue weighted by Crippen LogP contribution is -2.01. The minimum atomic E-state index is -0.277. The summed E-state index contributed by atoms with van der Waals surface area (Å²) in [6, 6.07) is 21.8. The molecule has 0 saturated carbocycles. The molecule has 0 aliphatic rings. The summed E-state index contributed by atoms with van der Waals surface area (Å²) in [7, 11) is 0. The van der Waals surface area contributed by atoms with Crippen LogP contribution in [0.3, 0.4) is 0 Å². The van der Waals surface area contributed by atoms with Gasteiger partial charge in [-0.2, -0.15) is 5.10 Å². The first kappa shape index (κ1) is 17.2. The van der Waals surface area contributed by atoms with Gasteiger partial charge in [-0.3, -0.25) is 5.43 Å². The van der Waals surface area contributed by atoms with Crippen LogP contribution in [0.15, 0.2) is 82.4 Å². The average Bonchev–Trinajstić information content (AvgIpc) is 2.63. The van der Waals surface area contributed by atoms with E-state index in [4.69, 9.17) is 4.74 Å². The lowest BCUT2D eigenvalue weighted by Gasteiger charge is -2.10. The molecule has 0 bridgehead atoms. The molecule has 0 aliphatic carbocycles. The van der Waals surface area contributed by atoms with Crippen molar-refractivity contribution in [1.29, 1.82) is 0 Å². The molecule has 0 atom stereocenters. The van der Waals surface area contributed by atoms with Crippen molar-refractivity contribution in [1.82, 2.24) is 0 Å². The second-order valence-corrected chi connectivity index (χ2v) is 6.21. The van der Waals surface area contributed by atoms with E-state index in [0.29, 0.717) is 11.3 Å². The molecule has 1 N–H and O–H groups in total. The summed E-state index contributed by atoms with van der Waals surface area (Å²) >= 11 is 3.44. The van der Waals surface area contributed by atoms with Crippen molar-refractivity contribution >= 4 is 27.8 Å². The molecular weight excluding hydrogens is 383 g/mol. The highest BCUT2D eigenvalue weighted by Crippen LogP contribution is 2.23. The highest BCUT2D eigenvalue weighted by molar-refractivity contribution is 9.10. The van der Waals surface area contributed by atoms with Gasteiger partial charge in [0.2, 0.25) is 0 Å². The van der Waals surface area contributed by atoms with Gasteiger partial charge in [0.25, 0.3) is 0 Å². The Bertz CT molecular complexity index is 869. The number of hydrogen-bond donors (Lipinski definition) is 1. The molecule has 0 aliphatic heterocycles. The van der Waals surface area contributed by atoms with E-state index in [0.717, 1.165) is 15.7 Å². The number of halogens is 2. The normalized spacial score (nSPS) is 10.8. The van der Waals surface area contributed by atoms with E-state index in [2.05, 4.69) is 26.5 Å². The molecule has 0 spiro atoms. The average molecular weight is 399 g/mol. The van der Waals surface area contributed by atoms with Crippen molar-refractivity contribution < 1.29 is 9.13 Å². The number of nitrogens with zero attached hydrogens (tertiary/aromatic N) is 1. The van der Waals surface area contributed by atoms with E-state index in [1.807, 2.05) is 48.5 Å². The number of anilines is 1. The molecule has 5 heteroatoms. The van der Waals surface area contributed by atoms with Crippen molar-refractivity contribution in [2.45, 2.75) is 6.61 Å². The van der Waals surface area contributed by atoms with Crippen molar-refractivity contribution in [3.8, 4) is 5.75 Å². The summed E-state index contributed by atoms with van der Waals surface area (Å²) < 4.78 is 20.4. The predicted molar refractivity (Wildman–Crippen MR) is 103 cm³/mol. The van der Waals surface area contributed by atoms with Crippen molar-refractivity contribution in [2.75, 3.05) is 5.43 Å². The summed E-state index contributed by atoms with van der Waals surface area (Å²) in [5, 5.41) is 4.24. The zero-order valence-corrected chi connectivity index (χ0v) is 14.9. The fourth-order valence-corrected chi connectivity index (χ4v) is 2.59. The number of hydrogen-bond acceptors (Lipinski definition) is 3. The van der Waals surface area contributed by atoms with Gasteiger partial charge in [0.05, 0.1) is 11.9 Å². The lowest BCUT2D eigenvalue weighted by atomic mass is 10.2. The molecule has 3 rings (SSSR count). The molecule has 3 nitrogen and oxygen atoms in total. The van der Waals surface area contributed by atoms with Gasteiger partial charge >= 0.3 is 0 Å². The van der Waals surface area contributed by atoms with Crippen LogP contribution in [0.1, 0.15) is 11.1 Å². The first-order valence-corrected chi connectivity index (χ1v) is 8.51. The Labute approximate surface area is 154 Å². The second kappa shape index (κ2) is 8.44. The van der Waals surface area contributed by atoms with E-state index in [1.54, 1.807) is 24.4 Å². The lowest BCUT2D eigenvalue weighted by molar-refractivity contribution is 0.299. The minimum Gasteiger partial charge on any atom is -0.488 e. The quantitative estimate of drug-likeness (QED) is 0.432. The van der Waals surface area contributed by atoms with Crippen molar-refractivity contribution in [3.63, 3.8) is 0 Å². The fraction of sp³-hybridized carbons (Fsp3) is 0.0500. The smallest absolute Gasteiger partial charge is 0.129 e. The van der Waals surface area contributed by atoms with E-state index in [1.165, 1.54) is 6.07 Å².